The van der Waals surface area contributed by atoms with E-state index in [9.17, 15) is 4.79 Å². The Morgan fingerprint density at radius 1 is 1.07 bits per heavy atom. The molecule has 27 heavy (non-hydrogen) atoms. The predicted octanol–water partition coefficient (Wildman–Crippen LogP) is 3.08. The van der Waals surface area contributed by atoms with E-state index in [4.69, 9.17) is 4.74 Å². The molecule has 6 nitrogen and oxygen atoms in total. The molecule has 0 aliphatic carbocycles. The van der Waals surface area contributed by atoms with Gasteiger partial charge >= 0.3 is 6.03 Å². The number of carbonyl (C=O) groups is 1. The normalized spacial score (nSPS) is 14.1. The number of nitrogens with one attached hydrogen (secondary N) is 2. The molecule has 1 aliphatic heterocycles. The molecule has 3 rings (SSSR count). The van der Waals surface area contributed by atoms with E-state index in [1.807, 2.05) is 25.1 Å². The van der Waals surface area contributed by atoms with Gasteiger partial charge in [0.1, 0.15) is 0 Å². The molecule has 2 N–H and O–H groups in total. The lowest BCUT2D eigenvalue weighted by atomic mass is 10.1. The zero-order valence-electron chi connectivity index (χ0n) is 15.9. The molecule has 1 fully saturated rings. The first-order valence-electron chi connectivity index (χ1n) is 9.62. The number of hydrogen-bond acceptors (Lipinski definition) is 4. The smallest absolute Gasteiger partial charge is 0.315 e. The third kappa shape index (κ3) is 6.25. The van der Waals surface area contributed by atoms with E-state index in [1.165, 1.54) is 31.5 Å². The molecule has 0 bridgehead atoms. The van der Waals surface area contributed by atoms with Crippen molar-refractivity contribution in [1.82, 2.24) is 20.5 Å². The van der Waals surface area contributed by atoms with E-state index in [-0.39, 0.29) is 6.03 Å². The van der Waals surface area contributed by atoms with Gasteiger partial charge in [-0.3, -0.25) is 4.90 Å². The molecule has 6 heteroatoms. The largest absolute Gasteiger partial charge is 0.478 e. The summed E-state index contributed by atoms with van der Waals surface area (Å²) in [5, 5.41) is 5.79. The van der Waals surface area contributed by atoms with E-state index in [2.05, 4.69) is 38.7 Å². The molecule has 1 aliphatic rings. The Morgan fingerprint density at radius 2 is 1.78 bits per heavy atom. The fraction of sp³-hybridized carbons (Fsp3) is 0.429. The summed E-state index contributed by atoms with van der Waals surface area (Å²) in [6, 6.07) is 12.0. The van der Waals surface area contributed by atoms with Gasteiger partial charge in [-0.1, -0.05) is 24.3 Å². The Bertz CT molecular complexity index is 744. The van der Waals surface area contributed by atoms with Gasteiger partial charge in [-0.2, -0.15) is 0 Å². The Balaban J connectivity index is 1.44. The summed E-state index contributed by atoms with van der Waals surface area (Å²) < 4.78 is 5.37. The van der Waals surface area contributed by atoms with Crippen molar-refractivity contribution in [3.05, 3.63) is 59.3 Å². The average molecular weight is 368 g/mol. The maximum Gasteiger partial charge on any atom is 0.315 e. The number of aromatic nitrogens is 1. The number of hydrogen-bond donors (Lipinski definition) is 2. The summed E-state index contributed by atoms with van der Waals surface area (Å²) in [6.07, 6.45) is 4.28. The Labute approximate surface area is 160 Å². The molecule has 0 saturated carbocycles. The minimum Gasteiger partial charge on any atom is -0.478 e. The van der Waals surface area contributed by atoms with E-state index >= 15 is 0 Å². The molecule has 2 amide bonds. The van der Waals surface area contributed by atoms with E-state index < -0.39 is 0 Å². The zero-order valence-corrected chi connectivity index (χ0v) is 15.9. The standard InChI is InChI=1S/C21H28N4O2/c1-2-27-20-13-18(8-9-22-20)15-24-21(26)23-14-17-6-5-7-19(12-17)16-25-10-3-4-11-25/h5-9,12-13H,2-4,10-11,14-16H2,1H3,(H2,23,24,26). The topological polar surface area (TPSA) is 66.5 Å². The maximum atomic E-state index is 12.1. The number of likely N-dealkylation sites (tertiary alicyclic amines) is 1. The minimum atomic E-state index is -0.185. The van der Waals surface area contributed by atoms with Gasteiger partial charge in [0.15, 0.2) is 0 Å². The minimum absolute atomic E-state index is 0.185. The molecule has 1 aromatic carbocycles. The molecule has 2 heterocycles. The quantitative estimate of drug-likeness (QED) is 0.751. The second-order valence-electron chi connectivity index (χ2n) is 6.77. The van der Waals surface area contributed by atoms with Crippen molar-refractivity contribution in [3.63, 3.8) is 0 Å². The highest BCUT2D eigenvalue weighted by molar-refractivity contribution is 5.73. The molecule has 0 spiro atoms. The summed E-state index contributed by atoms with van der Waals surface area (Å²) in [5.74, 6) is 0.576. The SMILES string of the molecule is CCOc1cc(CNC(=O)NCc2cccc(CN3CCCC3)c2)ccn1. The van der Waals surface area contributed by atoms with Gasteiger partial charge in [0.2, 0.25) is 5.88 Å². The number of amides is 2. The molecule has 0 radical (unpaired) electrons. The van der Waals surface area contributed by atoms with Crippen LogP contribution in [0.1, 0.15) is 36.5 Å². The van der Waals surface area contributed by atoms with Gasteiger partial charge in [0, 0.05) is 31.9 Å². The molecule has 0 unspecified atom stereocenters. The van der Waals surface area contributed by atoms with Crippen molar-refractivity contribution in [1.29, 1.82) is 0 Å². The Hall–Kier alpha value is -2.60. The first kappa shape index (κ1) is 19.2. The first-order valence-corrected chi connectivity index (χ1v) is 9.62. The van der Waals surface area contributed by atoms with Gasteiger partial charge in [0.25, 0.3) is 0 Å². The van der Waals surface area contributed by atoms with Gasteiger partial charge in [-0.15, -0.1) is 0 Å². The van der Waals surface area contributed by atoms with Crippen LogP contribution in [0.2, 0.25) is 0 Å². The number of urea groups is 1. The number of benzene rings is 1. The lowest BCUT2D eigenvalue weighted by Gasteiger charge is -2.15. The van der Waals surface area contributed by atoms with Crippen molar-refractivity contribution < 1.29 is 9.53 Å². The number of ether oxygens (including phenoxy) is 1. The highest BCUT2D eigenvalue weighted by atomic mass is 16.5. The third-order valence-corrected chi connectivity index (χ3v) is 4.59. The van der Waals surface area contributed by atoms with Crippen LogP contribution in [0.5, 0.6) is 5.88 Å². The molecular formula is C21H28N4O2. The monoisotopic (exact) mass is 368 g/mol. The summed E-state index contributed by atoms with van der Waals surface area (Å²) >= 11 is 0. The number of pyridine rings is 1. The van der Waals surface area contributed by atoms with E-state index in [0.717, 1.165) is 17.7 Å². The second kappa shape index (κ2) is 9.92. The van der Waals surface area contributed by atoms with Gasteiger partial charge in [0.05, 0.1) is 6.61 Å². The van der Waals surface area contributed by atoms with Gasteiger partial charge in [-0.05, 0) is 55.6 Å². The fourth-order valence-corrected chi connectivity index (χ4v) is 3.25. The van der Waals surface area contributed by atoms with Crippen LogP contribution in [0.25, 0.3) is 0 Å². The number of nitrogens with zero attached hydrogens (tertiary/aromatic N) is 2. The molecular weight excluding hydrogens is 340 g/mol. The fourth-order valence-electron chi connectivity index (χ4n) is 3.25. The van der Waals surface area contributed by atoms with Crippen LogP contribution < -0.4 is 15.4 Å². The highest BCUT2D eigenvalue weighted by Gasteiger charge is 2.11. The van der Waals surface area contributed by atoms with Crippen LogP contribution >= 0.6 is 0 Å². The number of rotatable bonds is 8. The molecule has 0 atom stereocenters. The van der Waals surface area contributed by atoms with Crippen molar-refractivity contribution in [2.24, 2.45) is 0 Å². The van der Waals surface area contributed by atoms with Crippen molar-refractivity contribution in [2.75, 3.05) is 19.7 Å². The number of carbonyl (C=O) groups excluding carboxylic acids is 1. The van der Waals surface area contributed by atoms with Crippen LogP contribution in [-0.2, 0) is 19.6 Å². The van der Waals surface area contributed by atoms with Crippen LogP contribution in [0.4, 0.5) is 4.79 Å². The van der Waals surface area contributed by atoms with Crippen LogP contribution in [0, 0.1) is 0 Å². The van der Waals surface area contributed by atoms with Crippen LogP contribution in [0.3, 0.4) is 0 Å². The Morgan fingerprint density at radius 3 is 2.52 bits per heavy atom. The zero-order chi connectivity index (χ0) is 18.9. The van der Waals surface area contributed by atoms with Gasteiger partial charge in [-0.25, -0.2) is 9.78 Å². The molecule has 2 aromatic rings. The first-order chi connectivity index (χ1) is 13.2. The van der Waals surface area contributed by atoms with Crippen molar-refractivity contribution in [3.8, 4) is 5.88 Å². The van der Waals surface area contributed by atoms with Crippen molar-refractivity contribution in [2.45, 2.75) is 39.4 Å². The molecule has 1 aromatic heterocycles. The van der Waals surface area contributed by atoms with E-state index in [0.29, 0.717) is 25.6 Å². The molecule has 1 saturated heterocycles. The van der Waals surface area contributed by atoms with Gasteiger partial charge < -0.3 is 15.4 Å². The summed E-state index contributed by atoms with van der Waals surface area (Å²) in [6.45, 7) is 6.80. The highest BCUT2D eigenvalue weighted by Crippen LogP contribution is 2.14. The van der Waals surface area contributed by atoms with E-state index in [1.54, 1.807) is 6.20 Å². The Kier molecular flexibility index (Phi) is 7.04. The summed E-state index contributed by atoms with van der Waals surface area (Å²) in [7, 11) is 0. The predicted molar refractivity (Wildman–Crippen MR) is 105 cm³/mol. The maximum absolute atomic E-state index is 12.1. The molecule has 144 valence electrons. The second-order valence-corrected chi connectivity index (χ2v) is 6.77. The summed E-state index contributed by atoms with van der Waals surface area (Å²) in [5.41, 5.74) is 3.37. The van der Waals surface area contributed by atoms with Crippen molar-refractivity contribution >= 4 is 6.03 Å². The third-order valence-electron chi connectivity index (χ3n) is 4.59. The lowest BCUT2D eigenvalue weighted by molar-refractivity contribution is 0.240. The summed E-state index contributed by atoms with van der Waals surface area (Å²) in [4.78, 5) is 18.7. The van der Waals surface area contributed by atoms with Crippen LogP contribution in [0.15, 0.2) is 42.6 Å². The average Bonchev–Trinajstić information content (AvgIpc) is 3.19. The van der Waals surface area contributed by atoms with Crippen LogP contribution in [-0.4, -0.2) is 35.6 Å². The lowest BCUT2D eigenvalue weighted by Crippen LogP contribution is -2.34.